The highest BCUT2D eigenvalue weighted by atomic mass is 16.6. The Labute approximate surface area is 133 Å². The van der Waals surface area contributed by atoms with Crippen LogP contribution in [0.2, 0.25) is 0 Å². The van der Waals surface area contributed by atoms with E-state index in [4.69, 9.17) is 14.2 Å². The first-order valence-electron chi connectivity index (χ1n) is 7.96. The van der Waals surface area contributed by atoms with Crippen LogP contribution in [0.3, 0.4) is 0 Å². The molecule has 4 rings (SSSR count). The molecule has 4 fully saturated rings. The van der Waals surface area contributed by atoms with Gasteiger partial charge in [-0.2, -0.15) is 0 Å². The minimum absolute atomic E-state index is 0.0147. The number of Topliss-reactive ketones (excluding diaryl/α,β-unsaturated/α-hetero) is 1. The largest absolute Gasteiger partial charge is 0.463 e. The van der Waals surface area contributed by atoms with Crippen LogP contribution >= 0.6 is 0 Å². The summed E-state index contributed by atoms with van der Waals surface area (Å²) in [6, 6.07) is 0. The molecule has 23 heavy (non-hydrogen) atoms. The molecule has 7 heteroatoms. The summed E-state index contributed by atoms with van der Waals surface area (Å²) in [7, 11) is 0. The Morgan fingerprint density at radius 2 is 1.70 bits per heavy atom. The van der Waals surface area contributed by atoms with E-state index < -0.39 is 41.4 Å². The molecular formula is C16H20O7. The van der Waals surface area contributed by atoms with Gasteiger partial charge in [0.1, 0.15) is 5.78 Å². The fourth-order valence-corrected chi connectivity index (χ4v) is 3.98. The van der Waals surface area contributed by atoms with Gasteiger partial charge in [-0.3, -0.25) is 9.59 Å². The van der Waals surface area contributed by atoms with Gasteiger partial charge in [0.2, 0.25) is 0 Å². The summed E-state index contributed by atoms with van der Waals surface area (Å²) in [5.74, 6) is -2.60. The van der Waals surface area contributed by atoms with Gasteiger partial charge in [-0.15, -0.1) is 0 Å². The first-order valence-corrected chi connectivity index (χ1v) is 7.96. The van der Waals surface area contributed by atoms with E-state index in [0.717, 1.165) is 0 Å². The quantitative estimate of drug-likeness (QED) is 0.369. The summed E-state index contributed by atoms with van der Waals surface area (Å²) < 4.78 is 15.4. The summed E-state index contributed by atoms with van der Waals surface area (Å²) in [6.45, 7) is 2.86. The first-order chi connectivity index (χ1) is 10.8. The van der Waals surface area contributed by atoms with E-state index >= 15 is 0 Å². The van der Waals surface area contributed by atoms with Gasteiger partial charge in [-0.1, -0.05) is 0 Å². The highest BCUT2D eigenvalue weighted by Crippen LogP contribution is 2.58. The maximum Gasteiger partial charge on any atom is 0.347 e. The molecule has 0 aromatic heterocycles. The van der Waals surface area contributed by atoms with E-state index in [2.05, 4.69) is 0 Å². The highest BCUT2D eigenvalue weighted by molar-refractivity contribution is 5.94. The third-order valence-corrected chi connectivity index (χ3v) is 5.17. The number of hydrogen-bond donors (Lipinski definition) is 0. The minimum Gasteiger partial charge on any atom is -0.463 e. The lowest BCUT2D eigenvalue weighted by Crippen LogP contribution is -2.61. The molecule has 2 saturated carbocycles. The van der Waals surface area contributed by atoms with Crippen LogP contribution in [0, 0.1) is 17.3 Å². The minimum atomic E-state index is -1.12. The zero-order chi connectivity index (χ0) is 16.8. The molecule has 2 saturated heterocycles. The van der Waals surface area contributed by atoms with Crippen LogP contribution in [0.5, 0.6) is 0 Å². The van der Waals surface area contributed by atoms with Crippen molar-refractivity contribution in [1.29, 1.82) is 0 Å². The second-order valence-electron chi connectivity index (χ2n) is 6.67. The van der Waals surface area contributed by atoms with E-state index in [1.807, 2.05) is 0 Å². The van der Waals surface area contributed by atoms with Crippen LogP contribution in [0.25, 0.3) is 0 Å². The molecule has 0 aromatic rings. The summed E-state index contributed by atoms with van der Waals surface area (Å²) in [5.41, 5.74) is -0.869. The fraction of sp³-hybridized carbons (Fsp3) is 0.750. The topological polar surface area (TPSA) is 96.0 Å². The van der Waals surface area contributed by atoms with Gasteiger partial charge in [0, 0.05) is 18.3 Å². The molecule has 126 valence electrons. The number of fused-ring (bicyclic) bond motifs is 8. The predicted molar refractivity (Wildman–Crippen MR) is 75.0 cm³/mol. The average Bonchev–Trinajstić information content (AvgIpc) is 2.46. The molecule has 2 heterocycles. The third kappa shape index (κ3) is 2.52. The first kappa shape index (κ1) is 16.0. The molecule has 0 N–H and O–H groups in total. The lowest BCUT2D eigenvalue weighted by Gasteiger charge is -2.54. The monoisotopic (exact) mass is 324 g/mol. The lowest BCUT2D eigenvalue weighted by molar-refractivity contribution is -0.203. The zero-order valence-electron chi connectivity index (χ0n) is 13.2. The van der Waals surface area contributed by atoms with Gasteiger partial charge in [0.05, 0.1) is 12.0 Å². The van der Waals surface area contributed by atoms with Crippen LogP contribution in [0.1, 0.15) is 39.5 Å². The van der Waals surface area contributed by atoms with Crippen molar-refractivity contribution in [3.63, 3.8) is 0 Å². The molecule has 2 aliphatic heterocycles. The fourth-order valence-electron chi connectivity index (χ4n) is 3.98. The van der Waals surface area contributed by atoms with Crippen molar-refractivity contribution in [3.8, 4) is 0 Å². The summed E-state index contributed by atoms with van der Waals surface area (Å²) in [6.07, 6.45) is -0.125. The Morgan fingerprint density at radius 1 is 1.00 bits per heavy atom. The lowest BCUT2D eigenvalue weighted by atomic mass is 9.48. The van der Waals surface area contributed by atoms with Gasteiger partial charge >= 0.3 is 17.9 Å². The van der Waals surface area contributed by atoms with Crippen LogP contribution in [0.4, 0.5) is 0 Å². The maximum atomic E-state index is 12.6. The Balaban J connectivity index is 1.88. The molecule has 2 aliphatic carbocycles. The zero-order valence-corrected chi connectivity index (χ0v) is 13.2. The van der Waals surface area contributed by atoms with Crippen LogP contribution < -0.4 is 0 Å². The van der Waals surface area contributed by atoms with E-state index in [-0.39, 0.29) is 18.3 Å². The molecule has 7 nitrogen and oxygen atoms in total. The van der Waals surface area contributed by atoms with Crippen LogP contribution in [-0.4, -0.2) is 42.5 Å². The van der Waals surface area contributed by atoms with Crippen molar-refractivity contribution >= 4 is 23.7 Å². The van der Waals surface area contributed by atoms with Gasteiger partial charge in [-0.05, 0) is 33.1 Å². The standard InChI is InChI=1S/C16H20O7/c1-8-13(18)21-7-10-6-16(5-3-4-11(17)12(10)16)15(20)23-9(2)14(19)22-8/h8-10,12H,3-7H2,1-2H3/t8-,9-,10-,12?,16-/m0/s1. The number of carbonyl (C=O) groups excluding carboxylic acids is 4. The molecule has 4 aliphatic rings. The molecule has 5 atom stereocenters. The number of rotatable bonds is 0. The van der Waals surface area contributed by atoms with Crippen LogP contribution in [-0.2, 0) is 33.4 Å². The van der Waals surface area contributed by atoms with Crippen molar-refractivity contribution in [2.45, 2.75) is 51.7 Å². The van der Waals surface area contributed by atoms with Crippen molar-refractivity contribution in [3.05, 3.63) is 0 Å². The van der Waals surface area contributed by atoms with E-state index in [0.29, 0.717) is 25.7 Å². The van der Waals surface area contributed by atoms with Crippen molar-refractivity contribution < 1.29 is 33.4 Å². The Morgan fingerprint density at radius 3 is 2.43 bits per heavy atom. The molecule has 1 spiro atoms. The second-order valence-corrected chi connectivity index (χ2v) is 6.67. The van der Waals surface area contributed by atoms with E-state index in [1.165, 1.54) is 13.8 Å². The van der Waals surface area contributed by atoms with Gasteiger partial charge < -0.3 is 14.2 Å². The highest BCUT2D eigenvalue weighted by Gasteiger charge is 2.64. The smallest absolute Gasteiger partial charge is 0.347 e. The van der Waals surface area contributed by atoms with Crippen molar-refractivity contribution in [1.82, 2.24) is 0 Å². The predicted octanol–water partition coefficient (Wildman–Crippen LogP) is 0.782. The normalized spacial score (nSPS) is 41.3. The number of esters is 3. The van der Waals surface area contributed by atoms with E-state index in [9.17, 15) is 19.2 Å². The molecule has 0 amide bonds. The Kier molecular flexibility index (Phi) is 3.90. The number of ether oxygens (including phenoxy) is 3. The van der Waals surface area contributed by atoms with Gasteiger partial charge in [0.15, 0.2) is 12.2 Å². The second kappa shape index (κ2) is 5.62. The Bertz CT molecular complexity index is 569. The number of hydrogen-bond acceptors (Lipinski definition) is 7. The summed E-state index contributed by atoms with van der Waals surface area (Å²) in [5, 5.41) is 0. The Hall–Kier alpha value is -1.92. The van der Waals surface area contributed by atoms with Gasteiger partial charge in [-0.25, -0.2) is 9.59 Å². The molecule has 2 bridgehead atoms. The maximum absolute atomic E-state index is 12.6. The third-order valence-electron chi connectivity index (χ3n) is 5.17. The van der Waals surface area contributed by atoms with Crippen molar-refractivity contribution in [2.75, 3.05) is 6.61 Å². The molecular weight excluding hydrogens is 304 g/mol. The molecule has 0 aromatic carbocycles. The summed E-state index contributed by atoms with van der Waals surface area (Å²) in [4.78, 5) is 48.6. The summed E-state index contributed by atoms with van der Waals surface area (Å²) >= 11 is 0. The number of ketones is 1. The van der Waals surface area contributed by atoms with Crippen molar-refractivity contribution in [2.24, 2.45) is 17.3 Å². The average molecular weight is 324 g/mol. The van der Waals surface area contributed by atoms with Gasteiger partial charge in [0.25, 0.3) is 0 Å². The van der Waals surface area contributed by atoms with Crippen LogP contribution in [0.15, 0.2) is 0 Å². The molecule has 1 unspecified atom stereocenters. The SMILES string of the molecule is C[C@@H]1OC(=O)[C@H](C)OC(=O)[C@]23CCCC(=O)C2[C@H](COC1=O)C3. The van der Waals surface area contributed by atoms with E-state index in [1.54, 1.807) is 0 Å². The molecule has 0 radical (unpaired) electrons. The number of carbonyl (C=O) groups is 4.